The summed E-state index contributed by atoms with van der Waals surface area (Å²) in [6.45, 7) is 2.57. The molecule has 11 heteroatoms. The van der Waals surface area contributed by atoms with Crippen molar-refractivity contribution in [2.75, 3.05) is 5.32 Å². The maximum Gasteiger partial charge on any atom is 0.255 e. The van der Waals surface area contributed by atoms with Crippen molar-refractivity contribution in [2.24, 2.45) is 23.5 Å². The summed E-state index contributed by atoms with van der Waals surface area (Å²) in [6.07, 6.45) is -2.71. The van der Waals surface area contributed by atoms with Gasteiger partial charge in [-0.1, -0.05) is 0 Å². The molecule has 1 saturated carbocycles. The number of aliphatic hydroxyl groups is 4. The van der Waals surface area contributed by atoms with Crippen LogP contribution in [0.2, 0.25) is 0 Å². The molecule has 1 fully saturated rings. The number of rotatable bonds is 2. The van der Waals surface area contributed by atoms with Gasteiger partial charge < -0.3 is 36.6 Å². The van der Waals surface area contributed by atoms with E-state index in [1.54, 1.807) is 0 Å². The number of hydrogen-bond donors (Lipinski definition) is 7. The molecule has 0 spiro atoms. The molecular formula is C22H24N2O9. The molecule has 6 atom stereocenters. The molecule has 2 amide bonds. The maximum absolute atomic E-state index is 13.5. The minimum absolute atomic E-state index is 0.0543. The first-order chi connectivity index (χ1) is 15.2. The van der Waals surface area contributed by atoms with Crippen molar-refractivity contribution < 1.29 is 44.7 Å². The number of ketones is 2. The summed E-state index contributed by atoms with van der Waals surface area (Å²) in [5, 5.41) is 57.6. The molecule has 0 aliphatic heterocycles. The summed E-state index contributed by atoms with van der Waals surface area (Å²) in [5.41, 5.74) is -0.449. The quantitative estimate of drug-likeness (QED) is 0.221. The van der Waals surface area contributed by atoms with Gasteiger partial charge in [0.05, 0.1) is 17.1 Å². The minimum Gasteiger partial charge on any atom is -0.508 e. The van der Waals surface area contributed by atoms with Crippen molar-refractivity contribution in [3.63, 3.8) is 0 Å². The van der Waals surface area contributed by atoms with E-state index in [0.29, 0.717) is 0 Å². The maximum atomic E-state index is 13.5. The van der Waals surface area contributed by atoms with Crippen LogP contribution in [0.25, 0.3) is 0 Å². The third-order valence-corrected chi connectivity index (χ3v) is 7.23. The van der Waals surface area contributed by atoms with E-state index in [1.165, 1.54) is 19.9 Å². The van der Waals surface area contributed by atoms with Gasteiger partial charge in [-0.3, -0.25) is 19.2 Å². The van der Waals surface area contributed by atoms with Crippen LogP contribution in [-0.2, 0) is 20.0 Å². The number of anilines is 1. The third-order valence-electron chi connectivity index (χ3n) is 7.23. The highest BCUT2D eigenvalue weighted by molar-refractivity contribution is 6.20. The van der Waals surface area contributed by atoms with Gasteiger partial charge in [-0.25, -0.2) is 0 Å². The topological polar surface area (TPSA) is 207 Å². The number of Topliss-reactive ketones (excluding diaryl/α,β-unsaturated/α-hetero) is 2. The van der Waals surface area contributed by atoms with Crippen molar-refractivity contribution in [1.29, 1.82) is 0 Å². The number of carbonyl (C=O) groups excluding carboxylic acids is 4. The Hall–Kier alpha value is -3.28. The summed E-state index contributed by atoms with van der Waals surface area (Å²) in [7, 11) is 0. The molecule has 1 aromatic carbocycles. The Kier molecular flexibility index (Phi) is 4.93. The van der Waals surface area contributed by atoms with Gasteiger partial charge in [0.1, 0.15) is 23.2 Å². The van der Waals surface area contributed by atoms with Gasteiger partial charge in [0.15, 0.2) is 17.2 Å². The second-order valence-corrected chi connectivity index (χ2v) is 9.13. The highest BCUT2D eigenvalue weighted by Crippen LogP contribution is 2.58. The van der Waals surface area contributed by atoms with Gasteiger partial charge in [0.2, 0.25) is 5.91 Å². The molecule has 3 aliphatic rings. The fourth-order valence-corrected chi connectivity index (χ4v) is 5.77. The van der Waals surface area contributed by atoms with Crippen molar-refractivity contribution >= 4 is 29.1 Å². The first-order valence-electron chi connectivity index (χ1n) is 10.3. The second kappa shape index (κ2) is 7.11. The van der Waals surface area contributed by atoms with Crippen molar-refractivity contribution in [3.05, 3.63) is 34.6 Å². The number of carbonyl (C=O) groups is 4. The van der Waals surface area contributed by atoms with Crippen LogP contribution >= 0.6 is 0 Å². The van der Waals surface area contributed by atoms with E-state index in [2.05, 4.69) is 5.32 Å². The number of phenolic OH excluding ortho intramolecular Hbond substituents is 1. The largest absolute Gasteiger partial charge is 0.508 e. The first kappa shape index (κ1) is 22.9. The van der Waals surface area contributed by atoms with Gasteiger partial charge in [-0.15, -0.1) is 0 Å². The zero-order valence-corrected chi connectivity index (χ0v) is 17.8. The van der Waals surface area contributed by atoms with Gasteiger partial charge in [-0.2, -0.15) is 0 Å². The number of phenols is 1. The average Bonchev–Trinajstić information content (AvgIpc) is 2.69. The zero-order chi connectivity index (χ0) is 24.6. The molecule has 0 saturated heterocycles. The molecule has 0 radical (unpaired) electrons. The fraction of sp³-hybridized carbons (Fsp3) is 0.455. The van der Waals surface area contributed by atoms with Crippen LogP contribution < -0.4 is 11.1 Å². The molecule has 0 bridgehead atoms. The summed E-state index contributed by atoms with van der Waals surface area (Å²) in [5.74, 6) is -8.81. The fourth-order valence-electron chi connectivity index (χ4n) is 5.77. The highest BCUT2D eigenvalue weighted by Gasteiger charge is 2.66. The Morgan fingerprint density at radius 3 is 2.39 bits per heavy atom. The first-order valence-corrected chi connectivity index (χ1v) is 10.3. The summed E-state index contributed by atoms with van der Waals surface area (Å²) in [6, 6.07) is 2.47. The van der Waals surface area contributed by atoms with Crippen LogP contribution in [0.3, 0.4) is 0 Å². The van der Waals surface area contributed by atoms with Gasteiger partial charge in [0, 0.05) is 36.4 Å². The number of aromatic hydroxyl groups is 1. The Balaban J connectivity index is 1.94. The van der Waals surface area contributed by atoms with Gasteiger partial charge in [0.25, 0.3) is 5.91 Å². The van der Waals surface area contributed by atoms with E-state index in [-0.39, 0.29) is 23.2 Å². The number of benzene rings is 1. The molecular weight excluding hydrogens is 436 g/mol. The monoisotopic (exact) mass is 460 g/mol. The number of primary amides is 1. The lowest BCUT2D eigenvalue weighted by Crippen LogP contribution is -2.67. The molecule has 176 valence electrons. The van der Waals surface area contributed by atoms with Crippen LogP contribution in [0.5, 0.6) is 5.75 Å². The molecule has 0 heterocycles. The van der Waals surface area contributed by atoms with Crippen LogP contribution in [0.1, 0.15) is 42.6 Å². The van der Waals surface area contributed by atoms with Crippen LogP contribution in [0.15, 0.2) is 23.5 Å². The SMILES string of the molecule is CC(=O)Nc1ccc(O)c2c1[C@@](C)(O)C1CC3CC(=O)C(C(N)=O)=C(O)C3(O)C(O)C1C2=O. The number of fused-ring (bicyclic) bond motifs is 3. The van der Waals surface area contributed by atoms with Crippen LogP contribution in [0, 0.1) is 17.8 Å². The van der Waals surface area contributed by atoms with E-state index in [1.807, 2.05) is 0 Å². The normalized spacial score (nSPS) is 35.4. The smallest absolute Gasteiger partial charge is 0.255 e. The number of nitrogens with two attached hydrogens (primary N) is 1. The Bertz CT molecular complexity index is 1150. The van der Waals surface area contributed by atoms with E-state index >= 15 is 0 Å². The predicted octanol–water partition coefficient (Wildman–Crippen LogP) is -0.631. The zero-order valence-electron chi connectivity index (χ0n) is 17.8. The highest BCUT2D eigenvalue weighted by atomic mass is 16.4. The molecule has 1 aromatic rings. The molecule has 5 unspecified atom stereocenters. The van der Waals surface area contributed by atoms with Crippen molar-refractivity contribution in [1.82, 2.24) is 0 Å². The second-order valence-electron chi connectivity index (χ2n) is 9.13. The summed E-state index contributed by atoms with van der Waals surface area (Å²) < 4.78 is 0. The Morgan fingerprint density at radius 2 is 1.82 bits per heavy atom. The molecule has 0 aromatic heterocycles. The van der Waals surface area contributed by atoms with E-state index in [0.717, 1.165) is 6.07 Å². The lowest BCUT2D eigenvalue weighted by molar-refractivity contribution is -0.195. The summed E-state index contributed by atoms with van der Waals surface area (Å²) in [4.78, 5) is 49.3. The lowest BCUT2D eigenvalue weighted by Gasteiger charge is -2.56. The molecule has 8 N–H and O–H groups in total. The van der Waals surface area contributed by atoms with E-state index < -0.39 is 81.9 Å². The van der Waals surface area contributed by atoms with Crippen LogP contribution in [0.4, 0.5) is 5.69 Å². The molecule has 11 nitrogen and oxygen atoms in total. The Labute approximate surface area is 187 Å². The molecule has 3 aliphatic carbocycles. The predicted molar refractivity (Wildman–Crippen MR) is 111 cm³/mol. The standard InChI is InChI=1S/C22H24N2O9/c1-7(25)24-10-3-4-11(26)14-16(10)21(2,32)9-5-8-6-12(27)15(20(23)31)19(30)22(8,33)18(29)13(9)17(14)28/h3-4,8-9,13,18,26,29-30,32-33H,5-6H2,1-2H3,(H2,23,31)(H,24,25)/t8?,9?,13?,18?,21-,22?/m0/s1. The molecule has 33 heavy (non-hydrogen) atoms. The van der Waals surface area contributed by atoms with Crippen molar-refractivity contribution in [2.45, 2.75) is 44.0 Å². The van der Waals surface area contributed by atoms with E-state index in [4.69, 9.17) is 5.73 Å². The van der Waals surface area contributed by atoms with Gasteiger partial charge in [-0.05, 0) is 25.5 Å². The third kappa shape index (κ3) is 2.93. The Morgan fingerprint density at radius 1 is 1.18 bits per heavy atom. The van der Waals surface area contributed by atoms with Crippen LogP contribution in [-0.4, -0.2) is 60.6 Å². The number of hydrogen-bond acceptors (Lipinski definition) is 9. The lowest BCUT2D eigenvalue weighted by atomic mass is 9.51. The average molecular weight is 460 g/mol. The number of amides is 2. The summed E-state index contributed by atoms with van der Waals surface area (Å²) >= 11 is 0. The minimum atomic E-state index is -2.55. The number of aliphatic hydroxyl groups excluding tert-OH is 2. The number of nitrogens with one attached hydrogen (secondary N) is 1. The van der Waals surface area contributed by atoms with E-state index in [9.17, 15) is 44.7 Å². The molecule has 4 rings (SSSR count). The van der Waals surface area contributed by atoms with Crippen molar-refractivity contribution in [3.8, 4) is 5.75 Å². The van der Waals surface area contributed by atoms with Gasteiger partial charge >= 0.3 is 0 Å².